The van der Waals surface area contributed by atoms with Crippen molar-refractivity contribution in [3.05, 3.63) is 97.9 Å². The highest BCUT2D eigenvalue weighted by atomic mass is 35.5. The van der Waals surface area contributed by atoms with Gasteiger partial charge in [0.2, 0.25) is 0 Å². The monoisotopic (exact) mass is 500 g/mol. The summed E-state index contributed by atoms with van der Waals surface area (Å²) in [6.07, 6.45) is 11.0. The first-order valence-electron chi connectivity index (χ1n) is 12.7. The molecule has 184 valence electrons. The maximum absolute atomic E-state index is 12.7. The molecule has 3 aromatic rings. The van der Waals surface area contributed by atoms with Gasteiger partial charge in [-0.05, 0) is 79.9 Å². The molecular formula is C29H29ClN4O2. The number of piperidine rings is 1. The summed E-state index contributed by atoms with van der Waals surface area (Å²) in [4.78, 5) is 24.5. The maximum Gasteiger partial charge on any atom is 0.294 e. The van der Waals surface area contributed by atoms with Gasteiger partial charge >= 0.3 is 0 Å². The molecule has 1 atom stereocenters. The molecule has 2 aromatic heterocycles. The number of para-hydroxylation sites is 1. The van der Waals surface area contributed by atoms with E-state index in [2.05, 4.69) is 22.0 Å². The number of likely N-dealkylation sites (tertiary alicyclic amines) is 1. The van der Waals surface area contributed by atoms with Crippen molar-refractivity contribution in [2.24, 2.45) is 5.92 Å². The molecule has 0 radical (unpaired) electrons. The highest BCUT2D eigenvalue weighted by Gasteiger charge is 2.31. The smallest absolute Gasteiger partial charge is 0.294 e. The van der Waals surface area contributed by atoms with Crippen LogP contribution in [0, 0.1) is 12.8 Å². The highest BCUT2D eigenvalue weighted by molar-refractivity contribution is 6.29. The second-order valence-electron chi connectivity index (χ2n) is 10.1. The predicted molar refractivity (Wildman–Crippen MR) is 142 cm³/mol. The minimum Gasteiger partial charge on any atom is -0.424 e. The predicted octanol–water partition coefficient (Wildman–Crippen LogP) is 5.40. The van der Waals surface area contributed by atoms with E-state index in [9.17, 15) is 10.0 Å². The summed E-state index contributed by atoms with van der Waals surface area (Å²) in [7, 11) is 0. The van der Waals surface area contributed by atoms with Crippen molar-refractivity contribution in [3.63, 3.8) is 0 Å². The molecule has 2 aliphatic carbocycles. The number of fused-ring (bicyclic) bond motifs is 3. The lowest BCUT2D eigenvalue weighted by atomic mass is 9.81. The van der Waals surface area contributed by atoms with Gasteiger partial charge in [0, 0.05) is 29.9 Å². The summed E-state index contributed by atoms with van der Waals surface area (Å²) in [6.45, 7) is 4.03. The molecule has 1 aromatic carbocycles. The average molecular weight is 501 g/mol. The molecule has 3 heterocycles. The number of aryl methyl sites for hydroxylation is 2. The zero-order chi connectivity index (χ0) is 24.8. The molecule has 0 spiro atoms. The Morgan fingerprint density at radius 1 is 1.11 bits per heavy atom. The lowest BCUT2D eigenvalue weighted by Crippen LogP contribution is -2.34. The molecule has 36 heavy (non-hydrogen) atoms. The Morgan fingerprint density at radius 2 is 1.94 bits per heavy atom. The lowest BCUT2D eigenvalue weighted by molar-refractivity contribution is 0.142. The number of halogens is 1. The fraction of sp³-hybridized carbons (Fsp3) is 0.345. The van der Waals surface area contributed by atoms with Crippen LogP contribution < -0.4 is 5.56 Å². The molecular weight excluding hydrogens is 472 g/mol. The minimum absolute atomic E-state index is 0.384. The van der Waals surface area contributed by atoms with E-state index in [0.29, 0.717) is 33.9 Å². The summed E-state index contributed by atoms with van der Waals surface area (Å²) in [5.41, 5.74) is 7.72. The molecule has 6 nitrogen and oxygen atoms in total. The molecule has 0 amide bonds. The van der Waals surface area contributed by atoms with Crippen LogP contribution in [0.15, 0.2) is 69.7 Å². The number of aromatic nitrogens is 3. The molecule has 1 unspecified atom stereocenters. The van der Waals surface area contributed by atoms with Crippen LogP contribution in [0.2, 0.25) is 0 Å². The summed E-state index contributed by atoms with van der Waals surface area (Å²) in [6, 6.07) is 9.70. The second kappa shape index (κ2) is 9.34. The lowest BCUT2D eigenvalue weighted by Gasteiger charge is -2.31. The third kappa shape index (κ3) is 4.08. The van der Waals surface area contributed by atoms with Gasteiger partial charge in [-0.15, -0.1) is 4.73 Å². The zero-order valence-corrected chi connectivity index (χ0v) is 21.1. The van der Waals surface area contributed by atoms with E-state index in [4.69, 9.17) is 16.6 Å². The van der Waals surface area contributed by atoms with Crippen LogP contribution in [-0.2, 0) is 13.0 Å². The Labute approximate surface area is 215 Å². The van der Waals surface area contributed by atoms with Gasteiger partial charge in [-0.1, -0.05) is 41.4 Å². The molecule has 0 saturated carbocycles. The normalized spacial score (nSPS) is 20.4. The van der Waals surface area contributed by atoms with Crippen LogP contribution in [0.4, 0.5) is 0 Å². The summed E-state index contributed by atoms with van der Waals surface area (Å²) >= 11 is 6.43. The van der Waals surface area contributed by atoms with Crippen LogP contribution in [0.5, 0.6) is 0 Å². The Balaban J connectivity index is 1.31. The maximum atomic E-state index is 12.7. The Kier molecular flexibility index (Phi) is 6.02. The van der Waals surface area contributed by atoms with Gasteiger partial charge in [-0.2, -0.15) is 0 Å². The Morgan fingerprint density at radius 3 is 2.78 bits per heavy atom. The van der Waals surface area contributed by atoms with Crippen LogP contribution >= 0.6 is 11.6 Å². The summed E-state index contributed by atoms with van der Waals surface area (Å²) in [5.74, 6) is 0.806. The quantitative estimate of drug-likeness (QED) is 0.477. The molecule has 0 bridgehead atoms. The van der Waals surface area contributed by atoms with Gasteiger partial charge in [-0.3, -0.25) is 14.7 Å². The number of allylic oxidation sites excluding steroid dienone is 5. The van der Waals surface area contributed by atoms with Crippen LogP contribution in [0.3, 0.4) is 0 Å². The molecule has 1 saturated heterocycles. The van der Waals surface area contributed by atoms with E-state index in [1.807, 2.05) is 37.4 Å². The highest BCUT2D eigenvalue weighted by Crippen LogP contribution is 2.44. The van der Waals surface area contributed by atoms with Crippen LogP contribution in [0.25, 0.3) is 16.5 Å². The number of hydrogen-bond acceptors (Lipinski definition) is 5. The number of pyridine rings is 1. The van der Waals surface area contributed by atoms with Crippen LogP contribution in [0.1, 0.15) is 48.3 Å². The van der Waals surface area contributed by atoms with Crippen molar-refractivity contribution in [1.29, 1.82) is 0 Å². The molecule has 1 N–H and O–H groups in total. The van der Waals surface area contributed by atoms with Gasteiger partial charge < -0.3 is 5.21 Å². The minimum atomic E-state index is -0.415. The standard InChI is InChI=1S/C29H29ClN4O2/c1-18-4-2-6-24-27(18)32-25(34(36)29(24)35)17-33-14-11-19(12-15-33)26-23-10-9-22(30)16-21(23)8-7-20-5-3-13-31-28(20)26/h2-6,9-10,13,21,36H,7-8,11-12,14-17H2,1H3. The number of nitrogens with zero attached hydrogens (tertiary/aromatic N) is 4. The van der Waals surface area contributed by atoms with Crippen molar-refractivity contribution >= 4 is 28.1 Å². The van der Waals surface area contributed by atoms with E-state index in [1.54, 1.807) is 6.07 Å². The van der Waals surface area contributed by atoms with Gasteiger partial charge in [0.1, 0.15) is 0 Å². The Hall–Kier alpha value is -3.22. The third-order valence-corrected chi connectivity index (χ3v) is 8.11. The number of hydrogen-bond donors (Lipinski definition) is 1. The Bertz CT molecular complexity index is 1510. The molecule has 3 aliphatic rings. The van der Waals surface area contributed by atoms with Crippen LogP contribution in [-0.4, -0.2) is 37.9 Å². The van der Waals surface area contributed by atoms with Gasteiger partial charge in [0.25, 0.3) is 5.56 Å². The fourth-order valence-electron chi connectivity index (χ4n) is 5.90. The molecule has 7 heteroatoms. The van der Waals surface area contributed by atoms with E-state index < -0.39 is 5.56 Å². The zero-order valence-electron chi connectivity index (χ0n) is 20.4. The first-order valence-corrected chi connectivity index (χ1v) is 13.0. The van der Waals surface area contributed by atoms with Crippen molar-refractivity contribution < 1.29 is 5.21 Å². The van der Waals surface area contributed by atoms with Gasteiger partial charge in [-0.25, -0.2) is 4.98 Å². The average Bonchev–Trinajstić information content (AvgIpc) is 3.05. The van der Waals surface area contributed by atoms with Crippen molar-refractivity contribution in [2.75, 3.05) is 13.1 Å². The fourth-order valence-corrected chi connectivity index (χ4v) is 6.15. The first-order chi connectivity index (χ1) is 17.5. The summed E-state index contributed by atoms with van der Waals surface area (Å²) in [5, 5.41) is 11.9. The summed E-state index contributed by atoms with van der Waals surface area (Å²) < 4.78 is 0.717. The van der Waals surface area contributed by atoms with Crippen molar-refractivity contribution in [3.8, 4) is 0 Å². The van der Waals surface area contributed by atoms with E-state index in [0.717, 1.165) is 61.5 Å². The van der Waals surface area contributed by atoms with Crippen molar-refractivity contribution in [1.82, 2.24) is 19.6 Å². The van der Waals surface area contributed by atoms with E-state index in [-0.39, 0.29) is 0 Å². The first kappa shape index (κ1) is 23.2. The third-order valence-electron chi connectivity index (χ3n) is 7.83. The molecule has 1 aliphatic heterocycles. The van der Waals surface area contributed by atoms with Gasteiger partial charge in [0.15, 0.2) is 5.82 Å². The second-order valence-corrected chi connectivity index (χ2v) is 10.5. The SMILES string of the molecule is Cc1cccc2c(=O)n(O)c(CN3CCC(=C4C5=CC=C(Cl)CC5CCc5cccnc54)CC3)nc12. The van der Waals surface area contributed by atoms with E-state index >= 15 is 0 Å². The molecule has 1 fully saturated rings. The largest absolute Gasteiger partial charge is 0.424 e. The number of benzene rings is 1. The topological polar surface area (TPSA) is 71.2 Å². The van der Waals surface area contributed by atoms with E-state index in [1.165, 1.54) is 22.3 Å². The van der Waals surface area contributed by atoms with Gasteiger partial charge in [0.05, 0.1) is 23.1 Å². The molecule has 6 rings (SSSR count). The number of rotatable bonds is 2. The van der Waals surface area contributed by atoms with Crippen molar-refractivity contribution in [2.45, 2.75) is 45.6 Å².